The molecule has 0 bridgehead atoms. The summed E-state index contributed by atoms with van der Waals surface area (Å²) >= 11 is 3.38. The van der Waals surface area contributed by atoms with Gasteiger partial charge in [0.05, 0.1) is 6.54 Å². The number of guanidine groups is 1. The third-order valence-electron chi connectivity index (χ3n) is 3.52. The number of carbonyl (C=O) groups excluding carboxylic acids is 1. The summed E-state index contributed by atoms with van der Waals surface area (Å²) in [6.07, 6.45) is 3.43. The highest BCUT2D eigenvalue weighted by Crippen LogP contribution is 2.12. The van der Waals surface area contributed by atoms with Crippen molar-refractivity contribution < 1.29 is 4.79 Å². The number of nitrogens with zero attached hydrogens (tertiary/aromatic N) is 2. The van der Waals surface area contributed by atoms with E-state index in [9.17, 15) is 4.79 Å². The van der Waals surface area contributed by atoms with Crippen LogP contribution in [-0.2, 0) is 6.54 Å². The van der Waals surface area contributed by atoms with Crippen molar-refractivity contribution in [3.05, 3.63) is 94.7 Å². The molecule has 2 aromatic carbocycles. The highest BCUT2D eigenvalue weighted by atomic mass is 79.9. The Morgan fingerprint density at radius 1 is 1.00 bits per heavy atom. The first-order valence-electron chi connectivity index (χ1n) is 8.03. The van der Waals surface area contributed by atoms with Crippen LogP contribution in [0.2, 0.25) is 0 Å². The molecule has 2 N–H and O–H groups in total. The molecule has 0 unspecified atom stereocenters. The summed E-state index contributed by atoms with van der Waals surface area (Å²) in [6, 6.07) is 20.6. The lowest BCUT2D eigenvalue weighted by Crippen LogP contribution is -2.36. The number of halogens is 1. The highest BCUT2D eigenvalue weighted by Gasteiger charge is 2.09. The molecule has 0 spiro atoms. The normalized spacial score (nSPS) is 11.0. The van der Waals surface area contributed by atoms with Gasteiger partial charge in [-0.05, 0) is 48.0 Å². The average Bonchev–Trinajstić information content (AvgIpc) is 2.68. The van der Waals surface area contributed by atoms with Gasteiger partial charge in [0, 0.05) is 28.1 Å². The van der Waals surface area contributed by atoms with Gasteiger partial charge in [-0.3, -0.25) is 15.1 Å². The first kappa shape index (κ1) is 17.8. The van der Waals surface area contributed by atoms with Crippen molar-refractivity contribution in [2.24, 2.45) is 4.99 Å². The number of hydrogen-bond donors (Lipinski definition) is 2. The Balaban J connectivity index is 1.78. The predicted molar refractivity (Wildman–Crippen MR) is 107 cm³/mol. The summed E-state index contributed by atoms with van der Waals surface area (Å²) in [5, 5.41) is 6.00. The SMILES string of the molecule is O=C(NC(=NCc1ccncc1)Nc1ccccc1)c1cccc(Br)c1. The van der Waals surface area contributed by atoms with E-state index in [1.165, 1.54) is 0 Å². The Labute approximate surface area is 160 Å². The molecule has 1 aromatic heterocycles. The Hall–Kier alpha value is -2.99. The number of para-hydroxylation sites is 1. The van der Waals surface area contributed by atoms with Gasteiger partial charge in [-0.15, -0.1) is 0 Å². The largest absolute Gasteiger partial charge is 0.326 e. The second kappa shape index (κ2) is 8.92. The first-order chi connectivity index (χ1) is 12.7. The van der Waals surface area contributed by atoms with Gasteiger partial charge < -0.3 is 5.32 Å². The number of benzene rings is 2. The van der Waals surface area contributed by atoms with Crippen LogP contribution >= 0.6 is 15.9 Å². The minimum absolute atomic E-state index is 0.233. The molecule has 0 aliphatic rings. The molecule has 0 atom stereocenters. The molecule has 0 aliphatic carbocycles. The van der Waals surface area contributed by atoms with Gasteiger partial charge in [0.1, 0.15) is 0 Å². The number of aromatic nitrogens is 1. The molecule has 0 saturated carbocycles. The summed E-state index contributed by atoms with van der Waals surface area (Å²) in [5.41, 5.74) is 2.39. The van der Waals surface area contributed by atoms with E-state index in [0.29, 0.717) is 18.1 Å². The molecule has 26 heavy (non-hydrogen) atoms. The van der Waals surface area contributed by atoms with Crippen LogP contribution < -0.4 is 10.6 Å². The van der Waals surface area contributed by atoms with Crippen LogP contribution in [0.1, 0.15) is 15.9 Å². The van der Waals surface area contributed by atoms with Crippen LogP contribution in [0.3, 0.4) is 0 Å². The van der Waals surface area contributed by atoms with Crippen LogP contribution in [0.15, 0.2) is 88.6 Å². The summed E-state index contributed by atoms with van der Waals surface area (Å²) in [5.74, 6) is 0.154. The Morgan fingerprint density at radius 2 is 1.77 bits per heavy atom. The Kier molecular flexibility index (Phi) is 6.11. The van der Waals surface area contributed by atoms with Gasteiger partial charge in [0.2, 0.25) is 5.96 Å². The lowest BCUT2D eigenvalue weighted by atomic mass is 10.2. The van der Waals surface area contributed by atoms with Gasteiger partial charge in [0.25, 0.3) is 5.91 Å². The second-order valence-electron chi connectivity index (χ2n) is 5.48. The fourth-order valence-electron chi connectivity index (χ4n) is 2.24. The van der Waals surface area contributed by atoms with Crippen molar-refractivity contribution in [2.75, 3.05) is 5.32 Å². The zero-order valence-electron chi connectivity index (χ0n) is 13.9. The number of hydrogen-bond acceptors (Lipinski definition) is 3. The Bertz CT molecular complexity index is 898. The predicted octanol–water partition coefficient (Wildman–Crippen LogP) is 4.24. The number of nitrogens with one attached hydrogen (secondary N) is 2. The number of aliphatic imine (C=N–C) groups is 1. The quantitative estimate of drug-likeness (QED) is 0.500. The standard InChI is InChI=1S/C20H17BrN4O/c21-17-6-4-5-16(13-17)19(26)25-20(24-18-7-2-1-3-8-18)23-14-15-9-11-22-12-10-15/h1-13H,14H2,(H2,23,24,25,26). The first-order valence-corrected chi connectivity index (χ1v) is 8.82. The summed E-state index contributed by atoms with van der Waals surface area (Å²) in [7, 11) is 0. The molecule has 0 saturated heterocycles. The van der Waals surface area contributed by atoms with E-state index < -0.39 is 0 Å². The van der Waals surface area contributed by atoms with E-state index in [0.717, 1.165) is 15.7 Å². The molecule has 3 aromatic rings. The lowest BCUT2D eigenvalue weighted by molar-refractivity contribution is 0.0977. The number of pyridine rings is 1. The van der Waals surface area contributed by atoms with Gasteiger partial charge in [-0.25, -0.2) is 4.99 Å². The molecule has 0 fully saturated rings. The molecular weight excluding hydrogens is 392 g/mol. The van der Waals surface area contributed by atoms with Crippen molar-refractivity contribution in [3.8, 4) is 0 Å². The van der Waals surface area contributed by atoms with Crippen LogP contribution in [0.4, 0.5) is 5.69 Å². The molecule has 6 heteroatoms. The van der Waals surface area contributed by atoms with Crippen LogP contribution in [0, 0.1) is 0 Å². The van der Waals surface area contributed by atoms with Gasteiger partial charge in [-0.2, -0.15) is 0 Å². The lowest BCUT2D eigenvalue weighted by Gasteiger charge is -2.12. The maximum atomic E-state index is 12.5. The Morgan fingerprint density at radius 3 is 2.50 bits per heavy atom. The smallest absolute Gasteiger partial charge is 0.257 e. The summed E-state index contributed by atoms with van der Waals surface area (Å²) in [4.78, 5) is 21.1. The molecule has 0 radical (unpaired) electrons. The van der Waals surface area contributed by atoms with Crippen LogP contribution in [-0.4, -0.2) is 16.9 Å². The molecule has 5 nitrogen and oxygen atoms in total. The van der Waals surface area contributed by atoms with Gasteiger partial charge >= 0.3 is 0 Å². The van der Waals surface area contributed by atoms with Gasteiger partial charge in [-0.1, -0.05) is 40.2 Å². The van der Waals surface area contributed by atoms with E-state index in [2.05, 4.69) is 36.5 Å². The fourth-order valence-corrected chi connectivity index (χ4v) is 2.64. The van der Waals surface area contributed by atoms with E-state index in [1.807, 2.05) is 54.6 Å². The molecule has 1 amide bonds. The maximum absolute atomic E-state index is 12.5. The monoisotopic (exact) mass is 408 g/mol. The van der Waals surface area contributed by atoms with Crippen molar-refractivity contribution in [1.82, 2.24) is 10.3 Å². The van der Waals surface area contributed by atoms with Crippen molar-refractivity contribution in [3.63, 3.8) is 0 Å². The van der Waals surface area contributed by atoms with Gasteiger partial charge in [0.15, 0.2) is 0 Å². The van der Waals surface area contributed by atoms with Crippen molar-refractivity contribution in [2.45, 2.75) is 6.54 Å². The van der Waals surface area contributed by atoms with E-state index >= 15 is 0 Å². The fraction of sp³-hybridized carbons (Fsp3) is 0.0500. The summed E-state index contributed by atoms with van der Waals surface area (Å²) < 4.78 is 0.844. The minimum atomic E-state index is -0.233. The third-order valence-corrected chi connectivity index (χ3v) is 4.02. The second-order valence-corrected chi connectivity index (χ2v) is 6.39. The number of carbonyl (C=O) groups is 1. The number of rotatable bonds is 4. The van der Waals surface area contributed by atoms with Crippen LogP contribution in [0.5, 0.6) is 0 Å². The highest BCUT2D eigenvalue weighted by molar-refractivity contribution is 9.10. The molecule has 0 aliphatic heterocycles. The molecule has 130 valence electrons. The molecule has 1 heterocycles. The minimum Gasteiger partial charge on any atom is -0.326 e. The summed E-state index contributed by atoms with van der Waals surface area (Å²) in [6.45, 7) is 0.427. The third kappa shape index (κ3) is 5.26. The van der Waals surface area contributed by atoms with Crippen molar-refractivity contribution in [1.29, 1.82) is 0 Å². The number of anilines is 1. The zero-order valence-corrected chi connectivity index (χ0v) is 15.5. The topological polar surface area (TPSA) is 66.4 Å². The van der Waals surface area contributed by atoms with E-state index in [1.54, 1.807) is 24.5 Å². The zero-order chi connectivity index (χ0) is 18.2. The average molecular weight is 409 g/mol. The van der Waals surface area contributed by atoms with Crippen molar-refractivity contribution >= 4 is 33.5 Å². The maximum Gasteiger partial charge on any atom is 0.257 e. The van der Waals surface area contributed by atoms with E-state index in [4.69, 9.17) is 0 Å². The number of amides is 1. The molecule has 3 rings (SSSR count). The molecular formula is C20H17BrN4O. The van der Waals surface area contributed by atoms with Crippen LogP contribution in [0.25, 0.3) is 0 Å². The van der Waals surface area contributed by atoms with E-state index in [-0.39, 0.29) is 5.91 Å².